The maximum Gasteiger partial charge on any atom is 0.255 e. The van der Waals surface area contributed by atoms with Crippen LogP contribution in [0.15, 0.2) is 18.5 Å². The molecule has 3 N–H and O–H groups in total. The van der Waals surface area contributed by atoms with Gasteiger partial charge in [0.2, 0.25) is 0 Å². The molecule has 0 spiro atoms. The topological polar surface area (TPSA) is 77.2 Å². The van der Waals surface area contributed by atoms with Crippen molar-refractivity contribution in [2.75, 3.05) is 19.4 Å². The molecule has 0 aliphatic rings. The molecule has 5 nitrogen and oxygen atoms in total. The fourth-order valence-corrected chi connectivity index (χ4v) is 1.01. The molecular formula is C10H16ClN3O2. The summed E-state index contributed by atoms with van der Waals surface area (Å²) >= 11 is 0. The summed E-state index contributed by atoms with van der Waals surface area (Å²) in [4.78, 5) is 15.4. The van der Waals surface area contributed by atoms with E-state index < -0.39 is 0 Å². The first-order chi connectivity index (χ1) is 7.15. The quantitative estimate of drug-likeness (QED) is 0.825. The number of amides is 1. The van der Waals surface area contributed by atoms with Gasteiger partial charge in [0.05, 0.1) is 11.7 Å². The standard InChI is InChI=1S/C10H15N3O2.ClH/c1-7(15-2)5-13-10(14)8-6-12-4-3-9(8)11;/h3-4,6-7H,5H2,1-2H3,(H2,11,12)(H,13,14);1H. The summed E-state index contributed by atoms with van der Waals surface area (Å²) in [6.07, 6.45) is 2.97. The van der Waals surface area contributed by atoms with Gasteiger partial charge in [-0.1, -0.05) is 0 Å². The number of methoxy groups -OCH3 is 1. The normalized spacial score (nSPS) is 11.4. The van der Waals surface area contributed by atoms with E-state index in [-0.39, 0.29) is 24.4 Å². The van der Waals surface area contributed by atoms with E-state index in [2.05, 4.69) is 10.3 Å². The van der Waals surface area contributed by atoms with Gasteiger partial charge in [0, 0.05) is 31.7 Å². The van der Waals surface area contributed by atoms with Crippen LogP contribution in [-0.4, -0.2) is 30.6 Å². The molecule has 1 aromatic heterocycles. The van der Waals surface area contributed by atoms with Crippen molar-refractivity contribution in [3.63, 3.8) is 0 Å². The average Bonchev–Trinajstić information content (AvgIpc) is 2.26. The van der Waals surface area contributed by atoms with Gasteiger partial charge in [0.25, 0.3) is 5.91 Å². The predicted octanol–water partition coefficient (Wildman–Crippen LogP) is 0.850. The van der Waals surface area contributed by atoms with Gasteiger partial charge in [0.1, 0.15) is 0 Å². The number of hydrogen-bond acceptors (Lipinski definition) is 4. The summed E-state index contributed by atoms with van der Waals surface area (Å²) < 4.78 is 5.01. The molecule has 0 aromatic carbocycles. The third kappa shape index (κ3) is 4.04. The highest BCUT2D eigenvalue weighted by atomic mass is 35.5. The van der Waals surface area contributed by atoms with Gasteiger partial charge >= 0.3 is 0 Å². The van der Waals surface area contributed by atoms with Crippen LogP contribution in [0.1, 0.15) is 17.3 Å². The van der Waals surface area contributed by atoms with Crippen molar-refractivity contribution in [2.24, 2.45) is 0 Å². The van der Waals surface area contributed by atoms with Crippen LogP contribution in [0, 0.1) is 0 Å². The number of nitrogens with one attached hydrogen (secondary N) is 1. The number of carbonyl (C=O) groups excluding carboxylic acids is 1. The van der Waals surface area contributed by atoms with Crippen LogP contribution in [0.5, 0.6) is 0 Å². The second-order valence-electron chi connectivity index (χ2n) is 3.22. The van der Waals surface area contributed by atoms with Gasteiger partial charge in [-0.15, -0.1) is 12.4 Å². The van der Waals surface area contributed by atoms with Crippen LogP contribution in [0.4, 0.5) is 5.69 Å². The highest BCUT2D eigenvalue weighted by molar-refractivity contribution is 5.98. The Bertz CT molecular complexity index is 347. The molecule has 1 amide bonds. The van der Waals surface area contributed by atoms with E-state index in [1.807, 2.05) is 6.92 Å². The Hall–Kier alpha value is -1.33. The molecule has 0 fully saturated rings. The number of hydrogen-bond donors (Lipinski definition) is 2. The highest BCUT2D eigenvalue weighted by Crippen LogP contribution is 2.07. The third-order valence-electron chi connectivity index (χ3n) is 2.05. The fraction of sp³-hybridized carbons (Fsp3) is 0.400. The second-order valence-corrected chi connectivity index (χ2v) is 3.22. The van der Waals surface area contributed by atoms with Gasteiger partial charge in [0.15, 0.2) is 0 Å². The Morgan fingerprint density at radius 3 is 2.94 bits per heavy atom. The molecule has 1 heterocycles. The number of rotatable bonds is 4. The third-order valence-corrected chi connectivity index (χ3v) is 2.05. The Balaban J connectivity index is 0.00000225. The minimum atomic E-state index is -0.232. The Labute approximate surface area is 101 Å². The number of ether oxygens (including phenoxy) is 1. The lowest BCUT2D eigenvalue weighted by atomic mass is 10.2. The number of halogens is 1. The van der Waals surface area contributed by atoms with Crippen molar-refractivity contribution >= 4 is 24.0 Å². The maximum absolute atomic E-state index is 11.6. The van der Waals surface area contributed by atoms with E-state index >= 15 is 0 Å². The molecule has 16 heavy (non-hydrogen) atoms. The van der Waals surface area contributed by atoms with E-state index in [0.29, 0.717) is 17.8 Å². The van der Waals surface area contributed by atoms with E-state index in [9.17, 15) is 4.79 Å². The molecule has 6 heteroatoms. The van der Waals surface area contributed by atoms with Gasteiger partial charge in [-0.2, -0.15) is 0 Å². The van der Waals surface area contributed by atoms with Crippen LogP contribution in [0.25, 0.3) is 0 Å². The number of nitrogens with two attached hydrogens (primary N) is 1. The molecule has 1 unspecified atom stereocenters. The van der Waals surface area contributed by atoms with Gasteiger partial charge in [-0.05, 0) is 13.0 Å². The molecular weight excluding hydrogens is 230 g/mol. The molecule has 0 saturated carbocycles. The zero-order chi connectivity index (χ0) is 11.3. The zero-order valence-electron chi connectivity index (χ0n) is 9.27. The van der Waals surface area contributed by atoms with Crippen molar-refractivity contribution in [1.29, 1.82) is 0 Å². The summed E-state index contributed by atoms with van der Waals surface area (Å²) in [5.41, 5.74) is 6.44. The number of pyridine rings is 1. The molecule has 90 valence electrons. The first kappa shape index (κ1) is 14.7. The summed E-state index contributed by atoms with van der Waals surface area (Å²) in [5, 5.41) is 2.71. The Kier molecular flexibility index (Phi) is 6.44. The van der Waals surface area contributed by atoms with Crippen molar-refractivity contribution in [2.45, 2.75) is 13.0 Å². The van der Waals surface area contributed by atoms with E-state index in [4.69, 9.17) is 10.5 Å². The van der Waals surface area contributed by atoms with Crippen LogP contribution < -0.4 is 11.1 Å². The fourth-order valence-electron chi connectivity index (χ4n) is 1.01. The first-order valence-electron chi connectivity index (χ1n) is 4.65. The molecule has 1 aromatic rings. The van der Waals surface area contributed by atoms with Gasteiger partial charge < -0.3 is 15.8 Å². The Morgan fingerprint density at radius 1 is 1.69 bits per heavy atom. The number of carbonyl (C=O) groups is 1. The van der Waals surface area contributed by atoms with Crippen LogP contribution in [0.3, 0.4) is 0 Å². The average molecular weight is 246 g/mol. The molecule has 0 bridgehead atoms. The first-order valence-corrected chi connectivity index (χ1v) is 4.65. The molecule has 0 aliphatic heterocycles. The molecule has 0 aliphatic carbocycles. The lowest BCUT2D eigenvalue weighted by molar-refractivity contribution is 0.0871. The number of anilines is 1. The zero-order valence-corrected chi connectivity index (χ0v) is 10.1. The lowest BCUT2D eigenvalue weighted by Crippen LogP contribution is -2.32. The number of aromatic nitrogens is 1. The Morgan fingerprint density at radius 2 is 2.38 bits per heavy atom. The molecule has 0 radical (unpaired) electrons. The summed E-state index contributed by atoms with van der Waals surface area (Å²) in [6, 6.07) is 1.59. The second kappa shape index (κ2) is 7.03. The van der Waals surface area contributed by atoms with Gasteiger partial charge in [-0.25, -0.2) is 0 Å². The highest BCUT2D eigenvalue weighted by Gasteiger charge is 2.10. The van der Waals surface area contributed by atoms with Crippen molar-refractivity contribution in [3.8, 4) is 0 Å². The van der Waals surface area contributed by atoms with Gasteiger partial charge in [-0.3, -0.25) is 9.78 Å². The lowest BCUT2D eigenvalue weighted by Gasteiger charge is -2.11. The smallest absolute Gasteiger partial charge is 0.255 e. The van der Waals surface area contributed by atoms with Crippen LogP contribution >= 0.6 is 12.4 Å². The predicted molar refractivity (Wildman–Crippen MR) is 64.7 cm³/mol. The summed E-state index contributed by atoms with van der Waals surface area (Å²) in [6.45, 7) is 2.32. The van der Waals surface area contributed by atoms with E-state index in [1.165, 1.54) is 6.20 Å². The van der Waals surface area contributed by atoms with Crippen LogP contribution in [0.2, 0.25) is 0 Å². The van der Waals surface area contributed by atoms with Crippen molar-refractivity contribution in [1.82, 2.24) is 10.3 Å². The maximum atomic E-state index is 11.6. The van der Waals surface area contributed by atoms with E-state index in [1.54, 1.807) is 19.4 Å². The molecule has 1 rings (SSSR count). The number of nitrogens with zero attached hydrogens (tertiary/aromatic N) is 1. The SMILES string of the molecule is COC(C)CNC(=O)c1cnccc1N.Cl. The largest absolute Gasteiger partial charge is 0.398 e. The summed E-state index contributed by atoms with van der Waals surface area (Å²) in [7, 11) is 1.59. The molecule has 0 saturated heterocycles. The van der Waals surface area contributed by atoms with Crippen molar-refractivity contribution < 1.29 is 9.53 Å². The van der Waals surface area contributed by atoms with Crippen molar-refractivity contribution in [3.05, 3.63) is 24.0 Å². The monoisotopic (exact) mass is 245 g/mol. The number of nitrogen functional groups attached to an aromatic ring is 1. The minimum Gasteiger partial charge on any atom is -0.398 e. The molecule has 1 atom stereocenters. The summed E-state index contributed by atoms with van der Waals surface area (Å²) in [5.74, 6) is -0.232. The van der Waals surface area contributed by atoms with E-state index in [0.717, 1.165) is 0 Å². The minimum absolute atomic E-state index is 0. The van der Waals surface area contributed by atoms with Crippen LogP contribution in [-0.2, 0) is 4.74 Å².